The summed E-state index contributed by atoms with van der Waals surface area (Å²) in [5, 5.41) is 36.0. The number of aliphatic hydroxyl groups is 2. The summed E-state index contributed by atoms with van der Waals surface area (Å²) in [6.07, 6.45) is 3.82. The van der Waals surface area contributed by atoms with Gasteiger partial charge in [0.15, 0.2) is 0 Å². The highest BCUT2D eigenvalue weighted by Gasteiger charge is 2.11. The van der Waals surface area contributed by atoms with Gasteiger partial charge in [-0.3, -0.25) is 0 Å². The average molecular weight is 419 g/mol. The van der Waals surface area contributed by atoms with E-state index < -0.39 is 6.10 Å². The van der Waals surface area contributed by atoms with Gasteiger partial charge in [-0.05, 0) is 90.9 Å². The van der Waals surface area contributed by atoms with E-state index in [1.54, 1.807) is 12.1 Å². The molecule has 0 aliphatic heterocycles. The molecule has 3 aromatic carbocycles. The predicted molar refractivity (Wildman–Crippen MR) is 124 cm³/mol. The lowest BCUT2D eigenvalue weighted by Gasteiger charge is -2.14. The van der Waals surface area contributed by atoms with Gasteiger partial charge in [0.25, 0.3) is 0 Å². The quantitative estimate of drug-likeness (QED) is 0.340. The van der Waals surface area contributed by atoms with Crippen LogP contribution in [0.1, 0.15) is 40.3 Å². The van der Waals surface area contributed by atoms with E-state index in [4.69, 9.17) is 0 Å². The Morgan fingerprint density at radius 1 is 0.871 bits per heavy atom. The summed E-state index contributed by atoms with van der Waals surface area (Å²) < 4.78 is 0. The van der Waals surface area contributed by atoms with Gasteiger partial charge in [0, 0.05) is 23.5 Å². The lowest BCUT2D eigenvalue weighted by Crippen LogP contribution is -2.23. The largest absolute Gasteiger partial charge is 0.508 e. The number of fused-ring (bicyclic) bond motifs is 1. The first-order valence-corrected chi connectivity index (χ1v) is 10.9. The molecule has 4 rings (SSSR count). The van der Waals surface area contributed by atoms with Gasteiger partial charge in [0.1, 0.15) is 5.75 Å². The molecule has 5 N–H and O–H groups in total. The summed E-state index contributed by atoms with van der Waals surface area (Å²) >= 11 is 0. The van der Waals surface area contributed by atoms with Crippen molar-refractivity contribution in [2.45, 2.75) is 38.4 Å². The van der Waals surface area contributed by atoms with Crippen LogP contribution >= 0.6 is 0 Å². The highest BCUT2D eigenvalue weighted by Crippen LogP contribution is 2.27. The number of rotatable bonds is 9. The summed E-state index contributed by atoms with van der Waals surface area (Å²) in [5.74, 6) is 0.0421. The maximum absolute atomic E-state index is 10.3. The zero-order chi connectivity index (χ0) is 21.6. The number of nitrogens with one attached hydrogen (secondary N) is 2. The summed E-state index contributed by atoms with van der Waals surface area (Å²) in [7, 11) is 0. The van der Waals surface area contributed by atoms with E-state index >= 15 is 0 Å². The normalized spacial score (nSPS) is 13.7. The van der Waals surface area contributed by atoms with Gasteiger partial charge in [-0.1, -0.05) is 24.3 Å². The maximum atomic E-state index is 10.3. The second-order valence-electron chi connectivity index (χ2n) is 8.18. The van der Waals surface area contributed by atoms with E-state index in [1.165, 1.54) is 42.0 Å². The molecule has 1 unspecified atom stereocenters. The van der Waals surface area contributed by atoms with Crippen molar-refractivity contribution in [3.8, 4) is 5.75 Å². The van der Waals surface area contributed by atoms with E-state index in [9.17, 15) is 15.3 Å². The van der Waals surface area contributed by atoms with Crippen molar-refractivity contribution in [2.75, 3.05) is 18.4 Å². The molecule has 5 heteroatoms. The Morgan fingerprint density at radius 3 is 2.45 bits per heavy atom. The van der Waals surface area contributed by atoms with E-state index in [0.29, 0.717) is 17.7 Å². The van der Waals surface area contributed by atoms with Crippen LogP contribution in [0.4, 0.5) is 11.4 Å². The summed E-state index contributed by atoms with van der Waals surface area (Å²) in [4.78, 5) is 0. The first-order valence-electron chi connectivity index (χ1n) is 10.9. The molecule has 5 nitrogen and oxygen atoms in total. The minimum Gasteiger partial charge on any atom is -0.508 e. The van der Waals surface area contributed by atoms with Gasteiger partial charge in [-0.15, -0.1) is 0 Å². The third-order valence-electron chi connectivity index (χ3n) is 5.93. The molecule has 0 bridgehead atoms. The van der Waals surface area contributed by atoms with E-state index in [0.717, 1.165) is 24.3 Å². The van der Waals surface area contributed by atoms with Crippen LogP contribution < -0.4 is 10.6 Å². The van der Waals surface area contributed by atoms with E-state index in [1.807, 2.05) is 0 Å². The third-order valence-corrected chi connectivity index (χ3v) is 5.93. The Bertz CT molecular complexity index is 1020. The molecular formula is C26H30N2O3. The minimum absolute atomic E-state index is 0.0421. The number of phenols is 1. The van der Waals surface area contributed by atoms with Crippen molar-refractivity contribution in [3.63, 3.8) is 0 Å². The highest BCUT2D eigenvalue weighted by molar-refractivity contribution is 5.61. The molecule has 0 spiro atoms. The fraction of sp³-hybridized carbons (Fsp3) is 0.308. The number of aliphatic hydroxyl groups excluding tert-OH is 2. The molecule has 0 amide bonds. The molecule has 3 aromatic rings. The topological polar surface area (TPSA) is 84.8 Å². The average Bonchev–Trinajstić information content (AvgIpc) is 3.26. The van der Waals surface area contributed by atoms with Gasteiger partial charge in [0.05, 0.1) is 12.7 Å². The van der Waals surface area contributed by atoms with E-state index in [-0.39, 0.29) is 12.4 Å². The van der Waals surface area contributed by atoms with Gasteiger partial charge in [-0.2, -0.15) is 0 Å². The number of benzene rings is 3. The van der Waals surface area contributed by atoms with Crippen LogP contribution in [-0.4, -0.2) is 28.4 Å². The Labute approximate surface area is 183 Å². The summed E-state index contributed by atoms with van der Waals surface area (Å²) in [6, 6.07) is 19.9. The van der Waals surface area contributed by atoms with E-state index in [2.05, 4.69) is 53.1 Å². The zero-order valence-corrected chi connectivity index (χ0v) is 17.6. The molecule has 1 atom stereocenters. The number of hydrogen-bond donors (Lipinski definition) is 5. The molecule has 0 radical (unpaired) electrons. The summed E-state index contributed by atoms with van der Waals surface area (Å²) in [5.41, 5.74) is 7.50. The smallest absolute Gasteiger partial charge is 0.121 e. The Morgan fingerprint density at radius 2 is 1.65 bits per heavy atom. The molecule has 0 saturated heterocycles. The monoisotopic (exact) mass is 418 g/mol. The van der Waals surface area contributed by atoms with Crippen LogP contribution in [0.25, 0.3) is 0 Å². The molecule has 31 heavy (non-hydrogen) atoms. The maximum Gasteiger partial charge on any atom is 0.121 e. The Hall–Kier alpha value is -2.86. The molecule has 0 fully saturated rings. The van der Waals surface area contributed by atoms with Crippen molar-refractivity contribution < 1.29 is 15.3 Å². The van der Waals surface area contributed by atoms with Crippen LogP contribution in [0.3, 0.4) is 0 Å². The predicted octanol–water partition coefficient (Wildman–Crippen LogP) is 3.98. The summed E-state index contributed by atoms with van der Waals surface area (Å²) in [6.45, 7) is 0.907. The van der Waals surface area contributed by atoms with Crippen molar-refractivity contribution in [1.82, 2.24) is 5.32 Å². The van der Waals surface area contributed by atoms with Gasteiger partial charge in [0.2, 0.25) is 0 Å². The number of aromatic hydroxyl groups is 1. The lowest BCUT2D eigenvalue weighted by molar-refractivity contribution is 0.174. The second-order valence-corrected chi connectivity index (χ2v) is 8.18. The van der Waals surface area contributed by atoms with Crippen LogP contribution in [0.2, 0.25) is 0 Å². The van der Waals surface area contributed by atoms with Crippen molar-refractivity contribution >= 4 is 11.4 Å². The Kier molecular flexibility index (Phi) is 6.87. The number of anilines is 2. The second kappa shape index (κ2) is 9.96. The van der Waals surface area contributed by atoms with Crippen molar-refractivity contribution in [2.24, 2.45) is 0 Å². The van der Waals surface area contributed by atoms with Crippen LogP contribution in [0.15, 0.2) is 60.7 Å². The van der Waals surface area contributed by atoms with Crippen LogP contribution in [0, 0.1) is 0 Å². The van der Waals surface area contributed by atoms with Crippen molar-refractivity contribution in [1.29, 1.82) is 0 Å². The van der Waals surface area contributed by atoms with Crippen LogP contribution in [-0.2, 0) is 25.9 Å². The first-order chi connectivity index (χ1) is 15.1. The molecule has 0 saturated carbocycles. The van der Waals surface area contributed by atoms with Gasteiger partial charge in [-0.25, -0.2) is 0 Å². The molecule has 0 heterocycles. The fourth-order valence-corrected chi connectivity index (χ4v) is 4.10. The highest BCUT2D eigenvalue weighted by atomic mass is 16.3. The minimum atomic E-state index is -0.690. The molecule has 1 aliphatic rings. The molecule has 162 valence electrons. The molecular weight excluding hydrogens is 388 g/mol. The standard InChI is InChI=1S/C26H30N2O3/c29-17-22-14-21(7-11-25(22)30)26(31)16-27-13-12-18-4-8-23(9-5-18)28-24-10-6-19-2-1-3-20(19)15-24/h4-11,14-15,26-31H,1-3,12-13,16-17H2. The van der Waals surface area contributed by atoms with Crippen LogP contribution in [0.5, 0.6) is 5.75 Å². The SMILES string of the molecule is OCc1cc(C(O)CNCCc2ccc(Nc3ccc4c(c3)CCC4)cc2)ccc1O. The first kappa shape index (κ1) is 21.4. The number of hydrogen-bond acceptors (Lipinski definition) is 5. The lowest BCUT2D eigenvalue weighted by atomic mass is 10.1. The number of aryl methyl sites for hydroxylation is 2. The fourth-order valence-electron chi connectivity index (χ4n) is 4.10. The zero-order valence-electron chi connectivity index (χ0n) is 17.6. The third kappa shape index (κ3) is 5.44. The molecule has 0 aromatic heterocycles. The molecule has 1 aliphatic carbocycles. The van der Waals surface area contributed by atoms with Gasteiger partial charge < -0.3 is 26.0 Å². The van der Waals surface area contributed by atoms with Crippen molar-refractivity contribution in [3.05, 3.63) is 88.5 Å². The Balaban J connectivity index is 1.23. The van der Waals surface area contributed by atoms with Gasteiger partial charge >= 0.3 is 0 Å².